The Bertz CT molecular complexity index is 413. The second-order valence-corrected chi connectivity index (χ2v) is 3.17. The van der Waals surface area contributed by atoms with Gasteiger partial charge in [-0.05, 0) is 31.0 Å². The summed E-state index contributed by atoms with van der Waals surface area (Å²) in [5.74, 6) is 0. The molecular formula is C10H12N2O3. The molecule has 0 aromatic heterocycles. The zero-order chi connectivity index (χ0) is 11.4. The number of rotatable bonds is 3. The van der Waals surface area contributed by atoms with Gasteiger partial charge in [-0.3, -0.25) is 10.1 Å². The van der Waals surface area contributed by atoms with Gasteiger partial charge in [-0.2, -0.15) is 0 Å². The summed E-state index contributed by atoms with van der Waals surface area (Å²) >= 11 is 0. The molecule has 5 heteroatoms. The third kappa shape index (κ3) is 2.52. The van der Waals surface area contributed by atoms with Gasteiger partial charge in [-0.1, -0.05) is 5.16 Å². The first-order valence-corrected chi connectivity index (χ1v) is 4.38. The summed E-state index contributed by atoms with van der Waals surface area (Å²) in [4.78, 5) is 14.8. The topological polar surface area (TPSA) is 64.7 Å². The van der Waals surface area contributed by atoms with Crippen molar-refractivity contribution in [1.82, 2.24) is 0 Å². The third-order valence-corrected chi connectivity index (χ3v) is 2.08. The van der Waals surface area contributed by atoms with Gasteiger partial charge in [0, 0.05) is 11.6 Å². The van der Waals surface area contributed by atoms with Crippen LogP contribution in [0.4, 0.5) is 5.69 Å². The number of hydrogen-bond donors (Lipinski definition) is 0. The molecule has 1 aromatic carbocycles. The first kappa shape index (κ1) is 11.2. The van der Waals surface area contributed by atoms with Crippen LogP contribution in [-0.2, 0) is 4.84 Å². The molecule has 0 aliphatic carbocycles. The predicted octanol–water partition coefficient (Wildman–Crippen LogP) is 2.19. The molecule has 15 heavy (non-hydrogen) atoms. The number of oxime groups is 1. The minimum absolute atomic E-state index is 0.127. The minimum atomic E-state index is -0.389. The summed E-state index contributed by atoms with van der Waals surface area (Å²) in [5.41, 5.74) is 2.36. The number of nitro groups is 1. The van der Waals surface area contributed by atoms with E-state index in [1.54, 1.807) is 19.9 Å². The van der Waals surface area contributed by atoms with Crippen molar-refractivity contribution in [2.24, 2.45) is 5.16 Å². The van der Waals surface area contributed by atoms with E-state index in [1.165, 1.54) is 19.4 Å². The van der Waals surface area contributed by atoms with Crippen LogP contribution in [0.3, 0.4) is 0 Å². The van der Waals surface area contributed by atoms with E-state index in [4.69, 9.17) is 0 Å². The molecule has 0 aliphatic heterocycles. The first-order chi connectivity index (χ1) is 7.06. The van der Waals surface area contributed by atoms with Crippen LogP contribution in [-0.4, -0.2) is 18.2 Å². The van der Waals surface area contributed by atoms with Crippen LogP contribution in [0.2, 0.25) is 0 Å². The molecule has 0 aliphatic rings. The Morgan fingerprint density at radius 3 is 2.60 bits per heavy atom. The highest BCUT2D eigenvalue weighted by molar-refractivity contribution is 5.82. The van der Waals surface area contributed by atoms with Crippen molar-refractivity contribution < 1.29 is 9.76 Å². The van der Waals surface area contributed by atoms with Crippen molar-refractivity contribution in [3.63, 3.8) is 0 Å². The SMILES string of the molecule is CON=Cc1cc(C)c([N+](=O)[O-])cc1C. The van der Waals surface area contributed by atoms with Crippen molar-refractivity contribution in [1.29, 1.82) is 0 Å². The molecule has 0 N–H and O–H groups in total. The van der Waals surface area contributed by atoms with Gasteiger partial charge in [-0.25, -0.2) is 0 Å². The number of benzene rings is 1. The van der Waals surface area contributed by atoms with Crippen LogP contribution in [0.15, 0.2) is 17.3 Å². The molecule has 0 fully saturated rings. The van der Waals surface area contributed by atoms with Crippen molar-refractivity contribution in [2.75, 3.05) is 7.11 Å². The van der Waals surface area contributed by atoms with Crippen LogP contribution >= 0.6 is 0 Å². The Hall–Kier alpha value is -1.91. The van der Waals surface area contributed by atoms with Crippen LogP contribution in [0.25, 0.3) is 0 Å². The fraction of sp³-hybridized carbons (Fsp3) is 0.300. The van der Waals surface area contributed by atoms with Gasteiger partial charge in [0.2, 0.25) is 0 Å². The normalized spacial score (nSPS) is 10.6. The second kappa shape index (κ2) is 4.54. The number of nitrogens with zero attached hydrogens (tertiary/aromatic N) is 2. The van der Waals surface area contributed by atoms with Gasteiger partial charge in [-0.15, -0.1) is 0 Å². The van der Waals surface area contributed by atoms with E-state index < -0.39 is 0 Å². The molecule has 0 spiro atoms. The molecule has 0 saturated carbocycles. The molecule has 5 nitrogen and oxygen atoms in total. The molecular weight excluding hydrogens is 196 g/mol. The second-order valence-electron chi connectivity index (χ2n) is 3.17. The summed E-state index contributed by atoms with van der Waals surface area (Å²) in [6.07, 6.45) is 1.53. The van der Waals surface area contributed by atoms with E-state index in [9.17, 15) is 10.1 Å². The standard InChI is InChI=1S/C10H12N2O3/c1-7-5-10(12(13)14)8(2)4-9(7)6-11-15-3/h4-6H,1-3H3. The molecule has 80 valence electrons. The van der Waals surface area contributed by atoms with Crippen molar-refractivity contribution >= 4 is 11.9 Å². The molecule has 0 heterocycles. The fourth-order valence-corrected chi connectivity index (χ4v) is 1.27. The van der Waals surface area contributed by atoms with Gasteiger partial charge in [0.05, 0.1) is 11.1 Å². The minimum Gasteiger partial charge on any atom is -0.399 e. The summed E-state index contributed by atoms with van der Waals surface area (Å²) in [6, 6.07) is 3.25. The average molecular weight is 208 g/mol. The highest BCUT2D eigenvalue weighted by Crippen LogP contribution is 2.21. The van der Waals surface area contributed by atoms with Crippen LogP contribution in [0, 0.1) is 24.0 Å². The lowest BCUT2D eigenvalue weighted by Crippen LogP contribution is -1.96. The fourth-order valence-electron chi connectivity index (χ4n) is 1.27. The molecule has 0 radical (unpaired) electrons. The van der Waals surface area contributed by atoms with Gasteiger partial charge in [0.15, 0.2) is 0 Å². The number of nitro benzene ring substituents is 1. The van der Waals surface area contributed by atoms with Crippen molar-refractivity contribution in [3.05, 3.63) is 38.9 Å². The number of hydrogen-bond acceptors (Lipinski definition) is 4. The van der Waals surface area contributed by atoms with Crippen LogP contribution < -0.4 is 0 Å². The van der Waals surface area contributed by atoms with Crippen molar-refractivity contribution in [3.8, 4) is 0 Å². The Labute approximate surface area is 87.5 Å². The molecule has 0 amide bonds. The van der Waals surface area contributed by atoms with E-state index in [0.29, 0.717) is 5.56 Å². The van der Waals surface area contributed by atoms with E-state index in [-0.39, 0.29) is 10.6 Å². The lowest BCUT2D eigenvalue weighted by atomic mass is 10.0. The summed E-state index contributed by atoms with van der Waals surface area (Å²) in [7, 11) is 1.45. The molecule has 0 saturated heterocycles. The zero-order valence-electron chi connectivity index (χ0n) is 8.85. The third-order valence-electron chi connectivity index (χ3n) is 2.08. The van der Waals surface area contributed by atoms with Crippen LogP contribution in [0.1, 0.15) is 16.7 Å². The Morgan fingerprint density at radius 1 is 1.40 bits per heavy atom. The van der Waals surface area contributed by atoms with Crippen molar-refractivity contribution in [2.45, 2.75) is 13.8 Å². The van der Waals surface area contributed by atoms with Gasteiger partial charge < -0.3 is 4.84 Å². The summed E-state index contributed by atoms with van der Waals surface area (Å²) in [6.45, 7) is 3.49. The van der Waals surface area contributed by atoms with Gasteiger partial charge in [0.1, 0.15) is 7.11 Å². The molecule has 0 bridgehead atoms. The lowest BCUT2D eigenvalue weighted by molar-refractivity contribution is -0.385. The van der Waals surface area contributed by atoms with Gasteiger partial charge >= 0.3 is 0 Å². The highest BCUT2D eigenvalue weighted by atomic mass is 16.6. The maximum Gasteiger partial charge on any atom is 0.272 e. The van der Waals surface area contributed by atoms with E-state index >= 15 is 0 Å². The monoisotopic (exact) mass is 208 g/mol. The Kier molecular flexibility index (Phi) is 3.38. The highest BCUT2D eigenvalue weighted by Gasteiger charge is 2.12. The van der Waals surface area contributed by atoms with Gasteiger partial charge in [0.25, 0.3) is 5.69 Å². The zero-order valence-corrected chi connectivity index (χ0v) is 8.85. The maximum absolute atomic E-state index is 10.6. The average Bonchev–Trinajstić information content (AvgIpc) is 2.18. The Morgan fingerprint density at radius 2 is 2.07 bits per heavy atom. The van der Waals surface area contributed by atoms with E-state index in [1.807, 2.05) is 0 Å². The predicted molar refractivity (Wildman–Crippen MR) is 57.2 cm³/mol. The summed E-state index contributed by atoms with van der Waals surface area (Å²) < 4.78 is 0. The molecule has 1 rings (SSSR count). The Balaban J connectivity index is 3.19. The number of aryl methyl sites for hydroxylation is 2. The largest absolute Gasteiger partial charge is 0.399 e. The first-order valence-electron chi connectivity index (χ1n) is 4.38. The smallest absolute Gasteiger partial charge is 0.272 e. The van der Waals surface area contributed by atoms with E-state index in [2.05, 4.69) is 9.99 Å². The molecule has 1 aromatic rings. The quantitative estimate of drug-likeness (QED) is 0.434. The summed E-state index contributed by atoms with van der Waals surface area (Å²) in [5, 5.41) is 14.3. The lowest BCUT2D eigenvalue weighted by Gasteiger charge is -2.02. The molecule has 0 unspecified atom stereocenters. The van der Waals surface area contributed by atoms with Crippen LogP contribution in [0.5, 0.6) is 0 Å². The maximum atomic E-state index is 10.6. The molecule has 0 atom stereocenters. The van der Waals surface area contributed by atoms with E-state index in [0.717, 1.165) is 11.1 Å².